The molecule has 0 bridgehead atoms. The van der Waals surface area contributed by atoms with Gasteiger partial charge in [0.15, 0.2) is 0 Å². The summed E-state index contributed by atoms with van der Waals surface area (Å²) >= 11 is 3.06. The van der Waals surface area contributed by atoms with Crippen molar-refractivity contribution in [3.63, 3.8) is 0 Å². The summed E-state index contributed by atoms with van der Waals surface area (Å²) in [4.78, 5) is 13.5. The van der Waals surface area contributed by atoms with E-state index < -0.39 is 4.92 Å². The predicted octanol–water partition coefficient (Wildman–Crippen LogP) is 1.34. The molecule has 1 aromatic heterocycles. The zero-order chi connectivity index (χ0) is 10.0. The number of rotatable bonds is 2. The van der Waals surface area contributed by atoms with E-state index in [0.29, 0.717) is 4.47 Å². The number of halogens is 1. The molecule has 1 aromatic rings. The van der Waals surface area contributed by atoms with Gasteiger partial charge in [0.2, 0.25) is 11.7 Å². The molecular formula is C6H6BrN3O3. The number of nitro groups is 1. The average Bonchev–Trinajstić information content (AvgIpc) is 2.07. The maximum atomic E-state index is 10.4. The Labute approximate surface area is 82.0 Å². The van der Waals surface area contributed by atoms with Crippen LogP contribution >= 0.6 is 15.9 Å². The van der Waals surface area contributed by atoms with Crippen molar-refractivity contribution in [1.29, 1.82) is 0 Å². The minimum Gasteiger partial charge on any atom is -0.480 e. The second kappa shape index (κ2) is 3.56. The Morgan fingerprint density at radius 3 is 2.85 bits per heavy atom. The Morgan fingerprint density at radius 2 is 2.38 bits per heavy atom. The van der Waals surface area contributed by atoms with Gasteiger partial charge < -0.3 is 10.5 Å². The van der Waals surface area contributed by atoms with Gasteiger partial charge >= 0.3 is 5.69 Å². The van der Waals surface area contributed by atoms with Crippen LogP contribution in [-0.4, -0.2) is 17.0 Å². The Balaban J connectivity index is 3.28. The summed E-state index contributed by atoms with van der Waals surface area (Å²) in [6, 6.07) is 1.25. The number of methoxy groups -OCH3 is 1. The molecule has 0 aliphatic heterocycles. The molecule has 70 valence electrons. The SMILES string of the molecule is COc1nc(N)c([N+](=O)[O-])cc1Br. The van der Waals surface area contributed by atoms with E-state index in [4.69, 9.17) is 10.5 Å². The molecule has 0 aliphatic carbocycles. The number of hydrogen-bond acceptors (Lipinski definition) is 5. The minimum atomic E-state index is -0.605. The number of hydrogen-bond donors (Lipinski definition) is 1. The van der Waals surface area contributed by atoms with Crippen LogP contribution in [0.5, 0.6) is 5.88 Å². The minimum absolute atomic E-state index is 0.162. The van der Waals surface area contributed by atoms with Crippen LogP contribution < -0.4 is 10.5 Å². The van der Waals surface area contributed by atoms with Crippen molar-refractivity contribution in [3.8, 4) is 5.88 Å². The highest BCUT2D eigenvalue weighted by Gasteiger charge is 2.16. The first-order chi connectivity index (χ1) is 6.06. The molecule has 0 amide bonds. The normalized spacial score (nSPS) is 9.69. The van der Waals surface area contributed by atoms with E-state index in [-0.39, 0.29) is 17.4 Å². The second-order valence-electron chi connectivity index (χ2n) is 2.14. The third-order valence-electron chi connectivity index (χ3n) is 1.34. The van der Waals surface area contributed by atoms with Crippen molar-refractivity contribution in [1.82, 2.24) is 4.98 Å². The van der Waals surface area contributed by atoms with Crippen molar-refractivity contribution in [2.75, 3.05) is 12.8 Å². The van der Waals surface area contributed by atoms with E-state index in [9.17, 15) is 10.1 Å². The molecule has 0 saturated heterocycles. The summed E-state index contributed by atoms with van der Waals surface area (Å²) in [5.41, 5.74) is 5.07. The molecule has 0 spiro atoms. The van der Waals surface area contributed by atoms with Crippen molar-refractivity contribution in [2.24, 2.45) is 0 Å². The van der Waals surface area contributed by atoms with Crippen LogP contribution in [0.1, 0.15) is 0 Å². The van der Waals surface area contributed by atoms with Gasteiger partial charge in [0.05, 0.1) is 16.5 Å². The van der Waals surface area contributed by atoms with E-state index >= 15 is 0 Å². The fraction of sp³-hybridized carbons (Fsp3) is 0.167. The number of aromatic nitrogens is 1. The van der Waals surface area contributed by atoms with E-state index in [1.165, 1.54) is 13.2 Å². The standard InChI is InChI=1S/C6H6BrN3O3/c1-13-6-3(7)2-4(10(11)12)5(8)9-6/h2H,1H3,(H2,8,9). The largest absolute Gasteiger partial charge is 0.480 e. The molecule has 2 N–H and O–H groups in total. The molecule has 0 saturated carbocycles. The van der Waals surface area contributed by atoms with E-state index in [0.717, 1.165) is 0 Å². The zero-order valence-corrected chi connectivity index (χ0v) is 8.24. The van der Waals surface area contributed by atoms with Gasteiger partial charge in [0.25, 0.3) is 0 Å². The van der Waals surface area contributed by atoms with Crippen molar-refractivity contribution >= 4 is 27.4 Å². The maximum Gasteiger partial charge on any atom is 0.312 e. The van der Waals surface area contributed by atoms with Crippen LogP contribution in [-0.2, 0) is 0 Å². The van der Waals surface area contributed by atoms with Gasteiger partial charge in [0, 0.05) is 6.07 Å². The van der Waals surface area contributed by atoms with Crippen LogP contribution in [0.15, 0.2) is 10.5 Å². The number of anilines is 1. The molecule has 7 heteroatoms. The second-order valence-corrected chi connectivity index (χ2v) is 3.00. The summed E-state index contributed by atoms with van der Waals surface area (Å²) < 4.78 is 5.20. The van der Waals surface area contributed by atoms with E-state index in [1.54, 1.807) is 0 Å². The molecule has 1 rings (SSSR count). The van der Waals surface area contributed by atoms with Gasteiger partial charge in [-0.3, -0.25) is 10.1 Å². The quantitative estimate of drug-likeness (QED) is 0.629. The van der Waals surface area contributed by atoms with Crippen molar-refractivity contribution in [3.05, 3.63) is 20.7 Å². The van der Waals surface area contributed by atoms with Crippen LogP contribution in [0.25, 0.3) is 0 Å². The van der Waals surface area contributed by atoms with Gasteiger partial charge in [-0.25, -0.2) is 0 Å². The molecule has 0 aliphatic rings. The third-order valence-corrected chi connectivity index (χ3v) is 1.91. The van der Waals surface area contributed by atoms with Gasteiger partial charge in [-0.2, -0.15) is 4.98 Å². The van der Waals surface area contributed by atoms with Gasteiger partial charge in [-0.15, -0.1) is 0 Å². The Bertz CT molecular complexity index is 355. The summed E-state index contributed by atoms with van der Waals surface area (Å²) in [7, 11) is 1.40. The highest BCUT2D eigenvalue weighted by molar-refractivity contribution is 9.10. The van der Waals surface area contributed by atoms with Gasteiger partial charge in [-0.1, -0.05) is 0 Å². The Hall–Kier alpha value is -1.37. The molecule has 0 unspecified atom stereocenters. The molecule has 0 fully saturated rings. The monoisotopic (exact) mass is 247 g/mol. The maximum absolute atomic E-state index is 10.4. The molecule has 13 heavy (non-hydrogen) atoms. The molecule has 1 heterocycles. The number of ether oxygens (including phenoxy) is 1. The molecule has 0 aromatic carbocycles. The molecule has 0 radical (unpaired) electrons. The predicted molar refractivity (Wildman–Crippen MR) is 49.6 cm³/mol. The van der Waals surface area contributed by atoms with E-state index in [1.807, 2.05) is 0 Å². The van der Waals surface area contributed by atoms with Gasteiger partial charge in [-0.05, 0) is 15.9 Å². The highest BCUT2D eigenvalue weighted by atomic mass is 79.9. The molecule has 6 nitrogen and oxygen atoms in total. The van der Waals surface area contributed by atoms with E-state index in [2.05, 4.69) is 20.9 Å². The lowest BCUT2D eigenvalue weighted by atomic mass is 10.4. The fourth-order valence-corrected chi connectivity index (χ4v) is 1.23. The summed E-state index contributed by atoms with van der Waals surface area (Å²) in [5, 5.41) is 10.4. The van der Waals surface area contributed by atoms with Crippen LogP contribution in [0.2, 0.25) is 0 Å². The third kappa shape index (κ3) is 1.86. The highest BCUT2D eigenvalue weighted by Crippen LogP contribution is 2.30. The smallest absolute Gasteiger partial charge is 0.312 e. The fourth-order valence-electron chi connectivity index (χ4n) is 0.765. The first-order valence-corrected chi connectivity index (χ1v) is 4.00. The first kappa shape index (κ1) is 9.72. The lowest BCUT2D eigenvalue weighted by Gasteiger charge is -2.02. The number of nitrogen functional groups attached to an aromatic ring is 1. The molecule has 0 atom stereocenters. The first-order valence-electron chi connectivity index (χ1n) is 3.20. The summed E-state index contributed by atoms with van der Waals surface area (Å²) in [6.07, 6.45) is 0. The van der Waals surface area contributed by atoms with Crippen LogP contribution in [0.4, 0.5) is 11.5 Å². The van der Waals surface area contributed by atoms with Crippen molar-refractivity contribution in [2.45, 2.75) is 0 Å². The zero-order valence-electron chi connectivity index (χ0n) is 6.65. The Morgan fingerprint density at radius 1 is 1.77 bits per heavy atom. The van der Waals surface area contributed by atoms with Crippen LogP contribution in [0, 0.1) is 10.1 Å². The summed E-state index contributed by atoms with van der Waals surface area (Å²) in [6.45, 7) is 0. The number of pyridine rings is 1. The number of nitrogens with two attached hydrogens (primary N) is 1. The lowest BCUT2D eigenvalue weighted by molar-refractivity contribution is -0.384. The average molecular weight is 248 g/mol. The van der Waals surface area contributed by atoms with Crippen molar-refractivity contribution < 1.29 is 9.66 Å². The lowest BCUT2D eigenvalue weighted by Crippen LogP contribution is -2.00. The van der Waals surface area contributed by atoms with Crippen LogP contribution in [0.3, 0.4) is 0 Å². The van der Waals surface area contributed by atoms with Gasteiger partial charge in [0.1, 0.15) is 0 Å². The molecular weight excluding hydrogens is 242 g/mol. The number of nitrogens with zero attached hydrogens (tertiary/aromatic N) is 2. The Kier molecular flexibility index (Phi) is 2.66. The summed E-state index contributed by atoms with van der Waals surface area (Å²) in [5.74, 6) is 0.0631. The topological polar surface area (TPSA) is 91.3 Å².